The first-order valence-corrected chi connectivity index (χ1v) is 9.10. The van der Waals surface area contributed by atoms with E-state index in [9.17, 15) is 9.59 Å². The fourth-order valence-corrected chi connectivity index (χ4v) is 3.59. The van der Waals surface area contributed by atoms with Crippen molar-refractivity contribution in [1.29, 1.82) is 0 Å². The van der Waals surface area contributed by atoms with Gasteiger partial charge in [-0.1, -0.05) is 12.1 Å². The van der Waals surface area contributed by atoms with Gasteiger partial charge in [0.15, 0.2) is 0 Å². The van der Waals surface area contributed by atoms with E-state index < -0.39 is 5.97 Å². The van der Waals surface area contributed by atoms with E-state index in [1.807, 2.05) is 24.1 Å². The highest BCUT2D eigenvalue weighted by molar-refractivity contribution is 5.87. The van der Waals surface area contributed by atoms with Gasteiger partial charge in [-0.05, 0) is 49.8 Å². The van der Waals surface area contributed by atoms with Crippen molar-refractivity contribution in [2.75, 3.05) is 13.1 Å². The molecule has 2 aromatic rings. The monoisotopic (exact) mass is 355 g/mol. The zero-order chi connectivity index (χ0) is 18.5. The number of rotatable bonds is 7. The van der Waals surface area contributed by atoms with Crippen molar-refractivity contribution in [1.82, 2.24) is 14.5 Å². The summed E-state index contributed by atoms with van der Waals surface area (Å²) in [6, 6.07) is 7.09. The Balaban J connectivity index is 1.45. The number of hydrogen-bond donors (Lipinski definition) is 1. The first kappa shape index (κ1) is 18.2. The number of carboxylic acid groups (broad SMARTS) is 1. The lowest BCUT2D eigenvalue weighted by Crippen LogP contribution is -2.29. The number of nitrogens with zero attached hydrogens (tertiary/aromatic N) is 3. The molecule has 6 heteroatoms. The van der Waals surface area contributed by atoms with Gasteiger partial charge in [0, 0.05) is 38.4 Å². The number of aryl methyl sites for hydroxylation is 2. The van der Waals surface area contributed by atoms with Crippen LogP contribution in [0, 0.1) is 12.8 Å². The highest BCUT2D eigenvalue weighted by atomic mass is 16.4. The van der Waals surface area contributed by atoms with Crippen LogP contribution in [0.5, 0.6) is 0 Å². The third-order valence-electron chi connectivity index (χ3n) is 5.05. The van der Waals surface area contributed by atoms with E-state index in [0.29, 0.717) is 17.9 Å². The Labute approximate surface area is 153 Å². The van der Waals surface area contributed by atoms with Crippen molar-refractivity contribution in [3.8, 4) is 0 Å². The van der Waals surface area contributed by atoms with Crippen LogP contribution in [-0.4, -0.2) is 44.5 Å². The van der Waals surface area contributed by atoms with Gasteiger partial charge in [-0.2, -0.15) is 0 Å². The number of carbonyl (C=O) groups is 2. The second-order valence-corrected chi connectivity index (χ2v) is 6.98. The van der Waals surface area contributed by atoms with Crippen molar-refractivity contribution in [3.05, 3.63) is 53.6 Å². The Kier molecular flexibility index (Phi) is 5.71. The number of benzene rings is 1. The quantitative estimate of drug-likeness (QED) is 0.829. The lowest BCUT2D eigenvalue weighted by atomic mass is 9.97. The summed E-state index contributed by atoms with van der Waals surface area (Å²) in [5.74, 6) is 0.689. The highest BCUT2D eigenvalue weighted by Crippen LogP contribution is 2.22. The van der Waals surface area contributed by atoms with Crippen LogP contribution in [0.25, 0.3) is 0 Å². The fourth-order valence-electron chi connectivity index (χ4n) is 3.59. The second-order valence-electron chi connectivity index (χ2n) is 6.98. The zero-order valence-electron chi connectivity index (χ0n) is 15.1. The predicted octanol–water partition coefficient (Wildman–Crippen LogP) is 2.76. The minimum absolute atomic E-state index is 0.213. The molecule has 1 N–H and O–H groups in total. The smallest absolute Gasteiger partial charge is 0.335 e. The molecule has 138 valence electrons. The summed E-state index contributed by atoms with van der Waals surface area (Å²) in [6.45, 7) is 4.34. The van der Waals surface area contributed by atoms with E-state index in [1.54, 1.807) is 24.4 Å². The highest BCUT2D eigenvalue weighted by Gasteiger charge is 2.26. The zero-order valence-corrected chi connectivity index (χ0v) is 15.1. The largest absolute Gasteiger partial charge is 0.478 e. The maximum absolute atomic E-state index is 12.4. The van der Waals surface area contributed by atoms with Gasteiger partial charge in [0.1, 0.15) is 5.82 Å². The normalized spacial score (nSPS) is 16.8. The van der Waals surface area contributed by atoms with Gasteiger partial charge in [-0.3, -0.25) is 4.79 Å². The van der Waals surface area contributed by atoms with Crippen LogP contribution in [0.2, 0.25) is 0 Å². The van der Waals surface area contributed by atoms with Gasteiger partial charge in [0.25, 0.3) is 0 Å². The van der Waals surface area contributed by atoms with E-state index in [1.165, 1.54) is 0 Å². The van der Waals surface area contributed by atoms with Crippen molar-refractivity contribution in [3.63, 3.8) is 0 Å². The Morgan fingerprint density at radius 3 is 2.92 bits per heavy atom. The molecule has 26 heavy (non-hydrogen) atoms. The number of aromatic carboxylic acids is 1. The number of amides is 1. The predicted molar refractivity (Wildman–Crippen MR) is 98.0 cm³/mol. The number of likely N-dealkylation sites (tertiary alicyclic amines) is 1. The van der Waals surface area contributed by atoms with E-state index in [2.05, 4.69) is 9.55 Å². The summed E-state index contributed by atoms with van der Waals surface area (Å²) < 4.78 is 2.06. The maximum Gasteiger partial charge on any atom is 0.335 e. The van der Waals surface area contributed by atoms with Crippen molar-refractivity contribution in [2.45, 2.75) is 39.2 Å². The number of hydrogen-bond acceptors (Lipinski definition) is 3. The molecule has 0 saturated carbocycles. The summed E-state index contributed by atoms with van der Waals surface area (Å²) in [5.41, 5.74) is 1.35. The van der Waals surface area contributed by atoms with Gasteiger partial charge < -0.3 is 14.6 Å². The van der Waals surface area contributed by atoms with Gasteiger partial charge in [0.2, 0.25) is 5.91 Å². The summed E-state index contributed by atoms with van der Waals surface area (Å²) >= 11 is 0. The van der Waals surface area contributed by atoms with E-state index in [0.717, 1.165) is 50.3 Å². The van der Waals surface area contributed by atoms with Crippen molar-refractivity contribution in [2.24, 2.45) is 5.92 Å². The topological polar surface area (TPSA) is 75.4 Å². The Bertz CT molecular complexity index is 784. The lowest BCUT2D eigenvalue weighted by molar-refractivity contribution is -0.130. The molecule has 1 aliphatic rings. The number of aromatic nitrogens is 2. The molecule has 1 fully saturated rings. The Morgan fingerprint density at radius 1 is 1.35 bits per heavy atom. The van der Waals surface area contributed by atoms with E-state index >= 15 is 0 Å². The average molecular weight is 355 g/mol. The van der Waals surface area contributed by atoms with Crippen LogP contribution >= 0.6 is 0 Å². The van der Waals surface area contributed by atoms with Gasteiger partial charge in [0.05, 0.1) is 5.56 Å². The molecule has 1 aromatic heterocycles. The average Bonchev–Trinajstić information content (AvgIpc) is 3.24. The third kappa shape index (κ3) is 4.50. The lowest BCUT2D eigenvalue weighted by Gasteiger charge is -2.17. The van der Waals surface area contributed by atoms with Crippen molar-refractivity contribution < 1.29 is 14.7 Å². The molecule has 1 amide bonds. The molecule has 1 aliphatic heterocycles. The van der Waals surface area contributed by atoms with Gasteiger partial charge >= 0.3 is 5.97 Å². The fraction of sp³-hybridized carbons (Fsp3) is 0.450. The first-order chi connectivity index (χ1) is 12.5. The summed E-state index contributed by atoms with van der Waals surface area (Å²) in [6.07, 6.45) is 6.89. The molecule has 0 unspecified atom stereocenters. The molecule has 0 spiro atoms. The second kappa shape index (κ2) is 8.17. The first-order valence-electron chi connectivity index (χ1n) is 9.10. The number of carbonyl (C=O) groups excluding carboxylic acids is 1. The molecule has 0 aliphatic carbocycles. The molecule has 1 saturated heterocycles. The minimum Gasteiger partial charge on any atom is -0.478 e. The molecular formula is C20H25N3O3. The molecular weight excluding hydrogens is 330 g/mol. The van der Waals surface area contributed by atoms with Crippen LogP contribution < -0.4 is 0 Å². The molecule has 0 bridgehead atoms. The summed E-state index contributed by atoms with van der Waals surface area (Å²) in [5, 5.41) is 9.09. The third-order valence-corrected chi connectivity index (χ3v) is 5.05. The molecule has 2 heterocycles. The number of carboxylic acids is 1. The SMILES string of the molecule is Cc1nccn1CCCC(=O)N1CC[C@@H](Cc2cccc(C(=O)O)c2)C1. The van der Waals surface area contributed by atoms with E-state index in [-0.39, 0.29) is 5.91 Å². The van der Waals surface area contributed by atoms with Crippen LogP contribution in [0.3, 0.4) is 0 Å². The van der Waals surface area contributed by atoms with Gasteiger partial charge in [-0.25, -0.2) is 9.78 Å². The Morgan fingerprint density at radius 2 is 2.19 bits per heavy atom. The molecule has 0 radical (unpaired) electrons. The molecule has 3 rings (SSSR count). The summed E-state index contributed by atoms with van der Waals surface area (Å²) in [4.78, 5) is 29.6. The van der Waals surface area contributed by atoms with Crippen LogP contribution in [0.15, 0.2) is 36.7 Å². The van der Waals surface area contributed by atoms with E-state index in [4.69, 9.17) is 5.11 Å². The van der Waals surface area contributed by atoms with Gasteiger partial charge in [-0.15, -0.1) is 0 Å². The molecule has 6 nitrogen and oxygen atoms in total. The van der Waals surface area contributed by atoms with Crippen LogP contribution in [0.4, 0.5) is 0 Å². The molecule has 1 aromatic carbocycles. The van der Waals surface area contributed by atoms with Crippen LogP contribution in [0.1, 0.15) is 41.0 Å². The maximum atomic E-state index is 12.4. The minimum atomic E-state index is -0.900. The standard InChI is InChI=1S/C20H25N3O3/c1-15-21-8-11-22(15)9-3-6-19(24)23-10-7-17(14-23)12-16-4-2-5-18(13-16)20(25)26/h2,4-5,8,11,13,17H,3,6-7,9-10,12,14H2,1H3,(H,25,26)/t17-/m0/s1. The Hall–Kier alpha value is -2.63. The number of imidazole rings is 1. The molecule has 1 atom stereocenters. The summed E-state index contributed by atoms with van der Waals surface area (Å²) in [7, 11) is 0. The van der Waals surface area contributed by atoms with Crippen molar-refractivity contribution >= 4 is 11.9 Å². The van der Waals surface area contributed by atoms with Crippen LogP contribution in [-0.2, 0) is 17.8 Å².